The summed E-state index contributed by atoms with van der Waals surface area (Å²) in [4.78, 5) is 23.6. The van der Waals surface area contributed by atoms with Crippen LogP contribution in [0.4, 0.5) is 0 Å². The molecule has 2 rings (SSSR count). The molecule has 0 saturated heterocycles. The summed E-state index contributed by atoms with van der Waals surface area (Å²) in [6.45, 7) is 8.30. The number of carbonyl (C=O) groups excluding carboxylic acids is 2. The van der Waals surface area contributed by atoms with Gasteiger partial charge in [-0.05, 0) is 31.0 Å². The van der Waals surface area contributed by atoms with Gasteiger partial charge in [0.05, 0.1) is 18.2 Å². The van der Waals surface area contributed by atoms with Crippen molar-refractivity contribution in [3.8, 4) is 11.1 Å². The number of allylic oxidation sites excluding steroid dienone is 1. The average Bonchev–Trinajstić information content (AvgIpc) is 2.87. The first kappa shape index (κ1) is 17.5. The van der Waals surface area contributed by atoms with Crippen LogP contribution >= 0.6 is 0 Å². The number of hydrogen-bond donors (Lipinski definition) is 1. The Kier molecular flexibility index (Phi) is 5.24. The second-order valence-corrected chi connectivity index (χ2v) is 5.47. The van der Waals surface area contributed by atoms with E-state index in [-0.39, 0.29) is 0 Å². The molecule has 1 aromatic heterocycles. The van der Waals surface area contributed by atoms with Crippen molar-refractivity contribution in [1.29, 1.82) is 0 Å². The van der Waals surface area contributed by atoms with E-state index < -0.39 is 11.9 Å². The number of methoxy groups -OCH3 is 1. The van der Waals surface area contributed by atoms with Crippen LogP contribution in [0.2, 0.25) is 0 Å². The smallest absolute Gasteiger partial charge is 0.337 e. The maximum Gasteiger partial charge on any atom is 0.337 e. The van der Waals surface area contributed by atoms with Gasteiger partial charge in [0.1, 0.15) is 0 Å². The molecule has 1 heterocycles. The monoisotopic (exact) mass is 326 g/mol. The molecule has 0 bridgehead atoms. The number of ether oxygens (including phenoxy) is 1. The molecule has 2 aromatic rings. The van der Waals surface area contributed by atoms with Gasteiger partial charge in [0.15, 0.2) is 0 Å². The van der Waals surface area contributed by atoms with Crippen molar-refractivity contribution >= 4 is 11.9 Å². The molecule has 0 aliphatic heterocycles. The molecular weight excluding hydrogens is 304 g/mol. The van der Waals surface area contributed by atoms with Gasteiger partial charge in [-0.2, -0.15) is 0 Å². The van der Waals surface area contributed by atoms with Crippen molar-refractivity contribution in [2.24, 2.45) is 5.73 Å². The average molecular weight is 326 g/mol. The van der Waals surface area contributed by atoms with Crippen molar-refractivity contribution in [3.05, 3.63) is 59.4 Å². The molecule has 1 aromatic carbocycles. The quantitative estimate of drug-likeness (QED) is 0.655. The Hall–Kier alpha value is -2.82. The van der Waals surface area contributed by atoms with Crippen LogP contribution < -0.4 is 5.73 Å². The Morgan fingerprint density at radius 2 is 1.92 bits per heavy atom. The summed E-state index contributed by atoms with van der Waals surface area (Å²) in [5.41, 5.74) is 10.1. The molecule has 2 N–H and O–H groups in total. The van der Waals surface area contributed by atoms with Gasteiger partial charge in [0.25, 0.3) is 5.91 Å². The third-order valence-electron chi connectivity index (χ3n) is 4.12. The molecule has 1 amide bonds. The molecule has 0 unspecified atom stereocenters. The fraction of sp³-hybridized carbons (Fsp3) is 0.263. The summed E-state index contributed by atoms with van der Waals surface area (Å²) in [7, 11) is 1.34. The molecular formula is C19H22N2O3. The Morgan fingerprint density at radius 1 is 1.29 bits per heavy atom. The minimum Gasteiger partial charge on any atom is -0.465 e. The third kappa shape index (κ3) is 2.97. The number of primary amides is 1. The van der Waals surface area contributed by atoms with Gasteiger partial charge >= 0.3 is 5.97 Å². The van der Waals surface area contributed by atoms with Crippen LogP contribution in [-0.4, -0.2) is 23.6 Å². The SMILES string of the molecule is C=CCn1c(C)c(C(N)=O)c(-c2ccc(C(=O)OC)cc2)c1CC. The Labute approximate surface area is 141 Å². The standard InChI is InChI=1S/C19H22N2O3/c1-5-11-21-12(3)16(18(20)22)17(15(21)6-2)13-7-9-14(10-8-13)19(23)24-4/h5,7-10H,1,6,11H2,2-4H3,(H2,20,22). The first-order valence-corrected chi connectivity index (χ1v) is 7.77. The maximum absolute atomic E-state index is 12.0. The van der Waals surface area contributed by atoms with Crippen LogP contribution in [-0.2, 0) is 17.7 Å². The van der Waals surface area contributed by atoms with Gasteiger partial charge in [-0.15, -0.1) is 6.58 Å². The zero-order chi connectivity index (χ0) is 17.9. The lowest BCUT2D eigenvalue weighted by molar-refractivity contribution is 0.0600. The summed E-state index contributed by atoms with van der Waals surface area (Å²) in [6, 6.07) is 6.99. The number of hydrogen-bond acceptors (Lipinski definition) is 3. The number of aromatic nitrogens is 1. The van der Waals surface area contributed by atoms with E-state index in [1.807, 2.05) is 26.0 Å². The number of nitrogens with two attached hydrogens (primary N) is 1. The van der Waals surface area contributed by atoms with Crippen LogP contribution in [0.3, 0.4) is 0 Å². The van der Waals surface area contributed by atoms with Crippen LogP contribution in [0.1, 0.15) is 39.0 Å². The van der Waals surface area contributed by atoms with Crippen molar-refractivity contribution in [1.82, 2.24) is 4.57 Å². The zero-order valence-corrected chi connectivity index (χ0v) is 14.3. The van der Waals surface area contributed by atoms with Gasteiger partial charge in [-0.3, -0.25) is 4.79 Å². The van der Waals surface area contributed by atoms with Crippen molar-refractivity contribution in [3.63, 3.8) is 0 Å². The van der Waals surface area contributed by atoms with E-state index in [1.165, 1.54) is 7.11 Å². The van der Waals surface area contributed by atoms with Crippen LogP contribution in [0.25, 0.3) is 11.1 Å². The fourth-order valence-corrected chi connectivity index (χ4v) is 3.04. The highest BCUT2D eigenvalue weighted by molar-refractivity contribution is 6.02. The molecule has 0 spiro atoms. The van der Waals surface area contributed by atoms with Crippen molar-refractivity contribution in [2.45, 2.75) is 26.8 Å². The van der Waals surface area contributed by atoms with Crippen LogP contribution in [0, 0.1) is 6.92 Å². The van der Waals surface area contributed by atoms with Gasteiger partial charge < -0.3 is 15.0 Å². The summed E-state index contributed by atoms with van der Waals surface area (Å²) in [5.74, 6) is -0.857. The highest BCUT2D eigenvalue weighted by atomic mass is 16.5. The van der Waals surface area contributed by atoms with E-state index in [2.05, 4.69) is 11.1 Å². The molecule has 126 valence electrons. The predicted molar refractivity (Wildman–Crippen MR) is 94.0 cm³/mol. The first-order valence-electron chi connectivity index (χ1n) is 7.77. The van der Waals surface area contributed by atoms with Gasteiger partial charge in [-0.1, -0.05) is 25.1 Å². The van der Waals surface area contributed by atoms with E-state index in [0.29, 0.717) is 17.7 Å². The summed E-state index contributed by atoms with van der Waals surface area (Å²) in [6.07, 6.45) is 2.54. The Morgan fingerprint density at radius 3 is 2.38 bits per heavy atom. The molecule has 0 fully saturated rings. The largest absolute Gasteiger partial charge is 0.465 e. The van der Waals surface area contributed by atoms with Gasteiger partial charge in [0, 0.05) is 23.5 Å². The van der Waals surface area contributed by atoms with E-state index in [0.717, 1.165) is 28.9 Å². The number of esters is 1. The maximum atomic E-state index is 12.0. The second-order valence-electron chi connectivity index (χ2n) is 5.47. The van der Waals surface area contributed by atoms with Crippen LogP contribution in [0.15, 0.2) is 36.9 Å². The molecule has 0 radical (unpaired) electrons. The van der Waals surface area contributed by atoms with Gasteiger partial charge in [-0.25, -0.2) is 4.79 Å². The summed E-state index contributed by atoms with van der Waals surface area (Å²) in [5, 5.41) is 0. The third-order valence-corrected chi connectivity index (χ3v) is 4.12. The minimum atomic E-state index is -0.461. The normalized spacial score (nSPS) is 10.5. The molecule has 0 aliphatic carbocycles. The van der Waals surface area contributed by atoms with Crippen LogP contribution in [0.5, 0.6) is 0 Å². The van der Waals surface area contributed by atoms with E-state index in [9.17, 15) is 9.59 Å². The molecule has 5 nitrogen and oxygen atoms in total. The number of rotatable bonds is 6. The van der Waals surface area contributed by atoms with E-state index >= 15 is 0 Å². The number of amides is 1. The molecule has 0 aliphatic rings. The van der Waals surface area contributed by atoms with Crippen molar-refractivity contribution in [2.75, 3.05) is 7.11 Å². The summed E-state index contributed by atoms with van der Waals surface area (Å²) >= 11 is 0. The minimum absolute atomic E-state index is 0.396. The highest BCUT2D eigenvalue weighted by Gasteiger charge is 2.23. The second kappa shape index (κ2) is 7.17. The lowest BCUT2D eigenvalue weighted by Gasteiger charge is -2.09. The fourth-order valence-electron chi connectivity index (χ4n) is 3.04. The highest BCUT2D eigenvalue weighted by Crippen LogP contribution is 2.33. The lowest BCUT2D eigenvalue weighted by Crippen LogP contribution is -2.13. The zero-order valence-electron chi connectivity index (χ0n) is 14.3. The molecule has 5 heteroatoms. The Balaban J connectivity index is 2.68. The number of benzene rings is 1. The lowest BCUT2D eigenvalue weighted by atomic mass is 9.98. The molecule has 24 heavy (non-hydrogen) atoms. The van der Waals surface area contributed by atoms with E-state index in [1.54, 1.807) is 18.2 Å². The molecule has 0 saturated carbocycles. The predicted octanol–water partition coefficient (Wildman–Crippen LogP) is 3.10. The molecule has 0 atom stereocenters. The first-order chi connectivity index (χ1) is 11.5. The van der Waals surface area contributed by atoms with Crippen molar-refractivity contribution < 1.29 is 14.3 Å². The summed E-state index contributed by atoms with van der Waals surface area (Å²) < 4.78 is 6.77. The number of carbonyl (C=O) groups is 2. The van der Waals surface area contributed by atoms with E-state index in [4.69, 9.17) is 10.5 Å². The van der Waals surface area contributed by atoms with Gasteiger partial charge in [0.2, 0.25) is 0 Å². The number of nitrogens with zero attached hydrogens (tertiary/aromatic N) is 1. The Bertz CT molecular complexity index is 786. The topological polar surface area (TPSA) is 74.3 Å².